The Morgan fingerprint density at radius 2 is 1.48 bits per heavy atom. The van der Waals surface area contributed by atoms with Gasteiger partial charge in [0.05, 0.1) is 0 Å². The number of ether oxygens (including phenoxy) is 1. The van der Waals surface area contributed by atoms with Gasteiger partial charge in [0.25, 0.3) is 0 Å². The van der Waals surface area contributed by atoms with Crippen molar-refractivity contribution >= 4 is 33.9 Å². The molecule has 0 unspecified atom stereocenters. The first-order valence-corrected chi connectivity index (χ1v) is 10.3. The van der Waals surface area contributed by atoms with E-state index in [4.69, 9.17) is 4.74 Å². The van der Waals surface area contributed by atoms with Gasteiger partial charge in [0.2, 0.25) is 5.90 Å². The minimum absolute atomic E-state index is 0.244. The zero-order valence-corrected chi connectivity index (χ0v) is 19.2. The van der Waals surface area contributed by atoms with Crippen LogP contribution in [-0.2, 0) is 20.4 Å². The van der Waals surface area contributed by atoms with Gasteiger partial charge in [-0.05, 0) is 58.9 Å². The second-order valence-corrected chi connectivity index (χ2v) is 10.2. The van der Waals surface area contributed by atoms with E-state index < -0.39 is 5.97 Å². The summed E-state index contributed by atoms with van der Waals surface area (Å²) in [4.78, 5) is 16.8. The Kier molecular flexibility index (Phi) is 5.48. The Labute approximate surface area is 180 Å². The van der Waals surface area contributed by atoms with Crippen LogP contribution in [0.25, 0.3) is 6.08 Å². The summed E-state index contributed by atoms with van der Waals surface area (Å²) in [7, 11) is 0. The van der Waals surface area contributed by atoms with Crippen molar-refractivity contribution in [1.82, 2.24) is 0 Å². The number of esters is 1. The van der Waals surface area contributed by atoms with E-state index in [1.807, 2.05) is 36.4 Å². The summed E-state index contributed by atoms with van der Waals surface area (Å²) in [5, 5.41) is 10.9. The Hall–Kier alpha value is -2.40. The number of cyclic esters (lactones) is 1. The van der Waals surface area contributed by atoms with Gasteiger partial charge in [0.1, 0.15) is 5.75 Å². The van der Waals surface area contributed by atoms with Gasteiger partial charge in [-0.2, -0.15) is 0 Å². The van der Waals surface area contributed by atoms with Crippen LogP contribution in [-0.4, -0.2) is 17.0 Å². The largest absolute Gasteiger partial charge is 0.507 e. The van der Waals surface area contributed by atoms with Crippen LogP contribution in [0.4, 0.5) is 0 Å². The molecule has 0 saturated carbocycles. The predicted molar refractivity (Wildman–Crippen MR) is 120 cm³/mol. The van der Waals surface area contributed by atoms with Gasteiger partial charge < -0.3 is 9.84 Å². The average molecular weight is 456 g/mol. The lowest BCUT2D eigenvalue weighted by Gasteiger charge is -2.27. The summed E-state index contributed by atoms with van der Waals surface area (Å²) in [6.07, 6.45) is 1.72. The van der Waals surface area contributed by atoms with Gasteiger partial charge in [-0.1, -0.05) is 57.5 Å². The number of phenolic OH excluding ortho intramolecular Hbond substituents is 1. The second-order valence-electron chi connectivity index (χ2n) is 9.31. The van der Waals surface area contributed by atoms with Crippen LogP contribution in [0.5, 0.6) is 5.75 Å². The van der Waals surface area contributed by atoms with Crippen LogP contribution in [0.1, 0.15) is 63.8 Å². The molecule has 29 heavy (non-hydrogen) atoms. The van der Waals surface area contributed by atoms with Crippen LogP contribution in [0.15, 0.2) is 51.6 Å². The van der Waals surface area contributed by atoms with Crippen LogP contribution in [0.2, 0.25) is 0 Å². The van der Waals surface area contributed by atoms with E-state index in [-0.39, 0.29) is 16.5 Å². The fourth-order valence-corrected chi connectivity index (χ4v) is 3.43. The smallest absolute Gasteiger partial charge is 0.363 e. The van der Waals surface area contributed by atoms with Crippen molar-refractivity contribution in [3.05, 3.63) is 68.8 Å². The molecular weight excluding hydrogens is 430 g/mol. The number of rotatable bonds is 2. The van der Waals surface area contributed by atoms with Gasteiger partial charge in [-0.3, -0.25) is 0 Å². The summed E-state index contributed by atoms with van der Waals surface area (Å²) < 4.78 is 6.31. The van der Waals surface area contributed by atoms with E-state index in [1.54, 1.807) is 6.08 Å². The molecule has 5 heteroatoms. The lowest BCUT2D eigenvalue weighted by atomic mass is 9.78. The van der Waals surface area contributed by atoms with E-state index in [1.165, 1.54) is 0 Å². The molecule has 2 aromatic rings. The summed E-state index contributed by atoms with van der Waals surface area (Å²) in [5.41, 5.74) is 2.96. The monoisotopic (exact) mass is 455 g/mol. The summed E-state index contributed by atoms with van der Waals surface area (Å²) in [6.45, 7) is 12.3. The zero-order valence-electron chi connectivity index (χ0n) is 17.6. The highest BCUT2D eigenvalue weighted by Gasteiger charge is 2.28. The maximum Gasteiger partial charge on any atom is 0.363 e. The minimum atomic E-state index is -0.481. The fourth-order valence-electron chi connectivity index (χ4n) is 3.17. The Bertz CT molecular complexity index is 985. The normalized spacial score (nSPS) is 16.2. The third kappa shape index (κ3) is 4.61. The highest BCUT2D eigenvalue weighted by molar-refractivity contribution is 9.10. The molecule has 1 heterocycles. The number of aliphatic imine (C=N–C) groups is 1. The molecule has 3 rings (SSSR count). The average Bonchev–Trinajstić information content (AvgIpc) is 2.95. The van der Waals surface area contributed by atoms with Crippen molar-refractivity contribution < 1.29 is 14.6 Å². The first kappa shape index (κ1) is 21.3. The van der Waals surface area contributed by atoms with Gasteiger partial charge in [0.15, 0.2) is 5.70 Å². The predicted octanol–water partition coefficient (Wildman–Crippen LogP) is 6.09. The van der Waals surface area contributed by atoms with Crippen molar-refractivity contribution in [1.29, 1.82) is 0 Å². The first-order valence-electron chi connectivity index (χ1n) is 9.53. The molecule has 1 aliphatic rings. The lowest BCUT2D eigenvalue weighted by Crippen LogP contribution is -2.17. The third-order valence-corrected chi connectivity index (χ3v) is 5.29. The van der Waals surface area contributed by atoms with Crippen molar-refractivity contribution in [2.45, 2.75) is 52.4 Å². The molecule has 0 bridgehead atoms. The molecule has 0 aliphatic carbocycles. The van der Waals surface area contributed by atoms with Crippen molar-refractivity contribution in [2.75, 3.05) is 0 Å². The second kappa shape index (κ2) is 7.45. The molecule has 0 amide bonds. The van der Waals surface area contributed by atoms with Crippen LogP contribution < -0.4 is 0 Å². The Morgan fingerprint density at radius 3 is 1.97 bits per heavy atom. The number of carbonyl (C=O) groups excluding carboxylic acids is 1. The van der Waals surface area contributed by atoms with Gasteiger partial charge in [0, 0.05) is 21.2 Å². The number of hydrogen-bond donors (Lipinski definition) is 1. The Balaban J connectivity index is 2.09. The van der Waals surface area contributed by atoms with Gasteiger partial charge in [-0.25, -0.2) is 9.79 Å². The number of halogens is 1. The molecule has 4 nitrogen and oxygen atoms in total. The van der Waals surface area contributed by atoms with Crippen molar-refractivity contribution in [3.63, 3.8) is 0 Å². The lowest BCUT2D eigenvalue weighted by molar-refractivity contribution is -0.129. The third-order valence-electron chi connectivity index (χ3n) is 4.76. The summed E-state index contributed by atoms with van der Waals surface area (Å²) in [5.74, 6) is 0.116. The maximum absolute atomic E-state index is 12.4. The highest BCUT2D eigenvalue weighted by Crippen LogP contribution is 2.40. The summed E-state index contributed by atoms with van der Waals surface area (Å²) >= 11 is 3.39. The van der Waals surface area contributed by atoms with Crippen LogP contribution >= 0.6 is 15.9 Å². The van der Waals surface area contributed by atoms with E-state index in [0.717, 1.165) is 26.7 Å². The number of nitrogens with zero attached hydrogens (tertiary/aromatic N) is 1. The van der Waals surface area contributed by atoms with E-state index in [0.29, 0.717) is 11.6 Å². The SMILES string of the molecule is CC(C)(C)c1cc(C=C2N=C(c3ccc(Br)cc3)OC2=O)cc(C(C)(C)C)c1O. The maximum atomic E-state index is 12.4. The fraction of sp³-hybridized carbons (Fsp3) is 0.333. The van der Waals surface area contributed by atoms with E-state index in [2.05, 4.69) is 62.5 Å². The van der Waals surface area contributed by atoms with Gasteiger partial charge in [-0.15, -0.1) is 0 Å². The standard InChI is InChI=1S/C24H26BrNO3/c1-23(2,3)17-11-14(12-18(20(17)27)24(4,5)6)13-19-22(28)29-21(26-19)15-7-9-16(25)10-8-15/h7-13,27H,1-6H3. The zero-order chi connectivity index (χ0) is 21.6. The molecule has 0 aromatic heterocycles. The van der Waals surface area contributed by atoms with Crippen LogP contribution in [0, 0.1) is 0 Å². The number of aromatic hydroxyl groups is 1. The Morgan fingerprint density at radius 1 is 0.966 bits per heavy atom. The molecular formula is C24H26BrNO3. The highest BCUT2D eigenvalue weighted by atomic mass is 79.9. The molecule has 0 saturated heterocycles. The van der Waals surface area contributed by atoms with E-state index in [9.17, 15) is 9.90 Å². The molecule has 0 fully saturated rings. The molecule has 0 radical (unpaired) electrons. The van der Waals surface area contributed by atoms with E-state index >= 15 is 0 Å². The first-order chi connectivity index (χ1) is 13.4. The van der Waals surface area contributed by atoms with Crippen molar-refractivity contribution in [3.8, 4) is 5.75 Å². The van der Waals surface area contributed by atoms with Crippen LogP contribution in [0.3, 0.4) is 0 Å². The number of hydrogen-bond acceptors (Lipinski definition) is 4. The molecule has 1 N–H and O–H groups in total. The topological polar surface area (TPSA) is 58.9 Å². The quantitative estimate of drug-likeness (QED) is 0.439. The number of carbonyl (C=O) groups is 1. The summed E-state index contributed by atoms with van der Waals surface area (Å²) in [6, 6.07) is 11.3. The van der Waals surface area contributed by atoms with Crippen molar-refractivity contribution in [2.24, 2.45) is 4.99 Å². The number of phenols is 1. The molecule has 152 valence electrons. The molecule has 2 aromatic carbocycles. The minimum Gasteiger partial charge on any atom is -0.507 e. The molecule has 1 aliphatic heterocycles. The van der Waals surface area contributed by atoms with Gasteiger partial charge >= 0.3 is 5.97 Å². The number of benzene rings is 2. The molecule has 0 atom stereocenters. The molecule has 0 spiro atoms.